The summed E-state index contributed by atoms with van der Waals surface area (Å²) >= 11 is 1.51. The SMILES string of the molecule is CCCCN(C(=O)c1sc2ccccc2c1N)C(C)CC. The number of nitrogens with zero attached hydrogens (tertiary/aromatic N) is 1. The summed E-state index contributed by atoms with van der Waals surface area (Å²) in [5.74, 6) is 0.0801. The minimum atomic E-state index is 0.0801. The van der Waals surface area contributed by atoms with Gasteiger partial charge in [0, 0.05) is 22.7 Å². The van der Waals surface area contributed by atoms with Crippen molar-refractivity contribution >= 4 is 33.0 Å². The van der Waals surface area contributed by atoms with Crippen LogP contribution in [0.2, 0.25) is 0 Å². The number of nitrogen functional groups attached to an aromatic ring is 1. The van der Waals surface area contributed by atoms with Gasteiger partial charge in [0.1, 0.15) is 4.88 Å². The largest absolute Gasteiger partial charge is 0.397 e. The first-order chi connectivity index (χ1) is 10.1. The van der Waals surface area contributed by atoms with Crippen LogP contribution in [0.15, 0.2) is 24.3 Å². The average molecular weight is 304 g/mol. The number of carbonyl (C=O) groups excluding carboxylic acids is 1. The lowest BCUT2D eigenvalue weighted by Gasteiger charge is -2.28. The fraction of sp³-hybridized carbons (Fsp3) is 0.471. The van der Waals surface area contributed by atoms with Gasteiger partial charge >= 0.3 is 0 Å². The number of fused-ring (bicyclic) bond motifs is 1. The highest BCUT2D eigenvalue weighted by molar-refractivity contribution is 7.21. The van der Waals surface area contributed by atoms with E-state index >= 15 is 0 Å². The molecule has 0 bridgehead atoms. The zero-order valence-corrected chi connectivity index (χ0v) is 13.9. The van der Waals surface area contributed by atoms with Crippen LogP contribution in [0.3, 0.4) is 0 Å². The van der Waals surface area contributed by atoms with Crippen molar-refractivity contribution in [1.82, 2.24) is 4.90 Å². The highest BCUT2D eigenvalue weighted by Gasteiger charge is 2.24. The maximum atomic E-state index is 12.9. The molecule has 0 aliphatic heterocycles. The van der Waals surface area contributed by atoms with Gasteiger partial charge in [-0.25, -0.2) is 0 Å². The predicted molar refractivity (Wildman–Crippen MR) is 91.9 cm³/mol. The van der Waals surface area contributed by atoms with Crippen LogP contribution < -0.4 is 5.73 Å². The Morgan fingerprint density at radius 3 is 2.67 bits per heavy atom. The Balaban J connectivity index is 2.35. The first-order valence-corrected chi connectivity index (χ1v) is 8.49. The van der Waals surface area contributed by atoms with Crippen molar-refractivity contribution in [3.8, 4) is 0 Å². The smallest absolute Gasteiger partial charge is 0.266 e. The summed E-state index contributed by atoms with van der Waals surface area (Å²) in [6.07, 6.45) is 3.07. The van der Waals surface area contributed by atoms with Crippen LogP contribution >= 0.6 is 11.3 Å². The normalized spacial score (nSPS) is 12.5. The number of anilines is 1. The van der Waals surface area contributed by atoms with Crippen molar-refractivity contribution in [3.05, 3.63) is 29.1 Å². The van der Waals surface area contributed by atoms with E-state index in [1.54, 1.807) is 0 Å². The number of carbonyl (C=O) groups is 1. The van der Waals surface area contributed by atoms with Crippen LogP contribution in [0.5, 0.6) is 0 Å². The standard InChI is InChI=1S/C17H24N2OS/c1-4-6-11-19(12(3)5-2)17(20)16-15(18)13-9-7-8-10-14(13)21-16/h7-10,12H,4-6,11,18H2,1-3H3. The molecule has 0 aliphatic carbocycles. The molecule has 1 amide bonds. The summed E-state index contributed by atoms with van der Waals surface area (Å²) in [5, 5.41) is 0.991. The van der Waals surface area contributed by atoms with Crippen LogP contribution in [0.4, 0.5) is 5.69 Å². The fourth-order valence-electron chi connectivity index (χ4n) is 2.43. The topological polar surface area (TPSA) is 46.3 Å². The molecule has 0 saturated heterocycles. The highest BCUT2D eigenvalue weighted by Crippen LogP contribution is 2.34. The van der Waals surface area contributed by atoms with Crippen LogP contribution in [0.1, 0.15) is 49.7 Å². The van der Waals surface area contributed by atoms with Crippen LogP contribution in [0, 0.1) is 0 Å². The van der Waals surface area contributed by atoms with Crippen molar-refractivity contribution in [2.75, 3.05) is 12.3 Å². The van der Waals surface area contributed by atoms with E-state index in [4.69, 9.17) is 5.73 Å². The first-order valence-electron chi connectivity index (χ1n) is 7.68. The van der Waals surface area contributed by atoms with Crippen molar-refractivity contribution < 1.29 is 4.79 Å². The zero-order chi connectivity index (χ0) is 15.4. The van der Waals surface area contributed by atoms with Gasteiger partial charge in [0.25, 0.3) is 5.91 Å². The predicted octanol–water partition coefficient (Wildman–Crippen LogP) is 4.52. The van der Waals surface area contributed by atoms with Gasteiger partial charge in [-0.3, -0.25) is 4.79 Å². The number of thiophene rings is 1. The second kappa shape index (κ2) is 6.94. The molecule has 2 rings (SSSR count). The number of benzene rings is 1. The minimum absolute atomic E-state index is 0.0801. The van der Waals surface area contributed by atoms with Gasteiger partial charge in [-0.1, -0.05) is 38.5 Å². The van der Waals surface area contributed by atoms with E-state index in [9.17, 15) is 4.79 Å². The van der Waals surface area contributed by atoms with E-state index in [2.05, 4.69) is 20.8 Å². The van der Waals surface area contributed by atoms with E-state index in [-0.39, 0.29) is 11.9 Å². The maximum absolute atomic E-state index is 12.9. The number of nitrogens with two attached hydrogens (primary N) is 1. The average Bonchev–Trinajstić information content (AvgIpc) is 2.84. The van der Waals surface area contributed by atoms with Gasteiger partial charge in [0.2, 0.25) is 0 Å². The lowest BCUT2D eigenvalue weighted by Crippen LogP contribution is -2.38. The molecule has 1 aromatic carbocycles. The van der Waals surface area contributed by atoms with Gasteiger partial charge < -0.3 is 10.6 Å². The Morgan fingerprint density at radius 1 is 1.33 bits per heavy atom. The highest BCUT2D eigenvalue weighted by atomic mass is 32.1. The molecule has 0 fully saturated rings. The fourth-order valence-corrected chi connectivity index (χ4v) is 3.50. The molecule has 0 saturated carbocycles. The molecule has 3 nitrogen and oxygen atoms in total. The maximum Gasteiger partial charge on any atom is 0.266 e. The van der Waals surface area contributed by atoms with Gasteiger partial charge in [-0.05, 0) is 25.8 Å². The van der Waals surface area contributed by atoms with E-state index in [1.165, 1.54) is 11.3 Å². The first kappa shape index (κ1) is 15.8. The number of hydrogen-bond donors (Lipinski definition) is 1. The van der Waals surface area contributed by atoms with Gasteiger partial charge in [0.15, 0.2) is 0 Å². The van der Waals surface area contributed by atoms with E-state index in [0.29, 0.717) is 10.6 Å². The Hall–Kier alpha value is -1.55. The lowest BCUT2D eigenvalue weighted by molar-refractivity contribution is 0.0691. The minimum Gasteiger partial charge on any atom is -0.397 e. The molecular formula is C17H24N2OS. The molecular weight excluding hydrogens is 280 g/mol. The van der Waals surface area contributed by atoms with Crippen molar-refractivity contribution in [3.63, 3.8) is 0 Å². The van der Waals surface area contributed by atoms with Crippen molar-refractivity contribution in [2.45, 2.75) is 46.1 Å². The van der Waals surface area contributed by atoms with Gasteiger partial charge in [-0.15, -0.1) is 11.3 Å². The van der Waals surface area contributed by atoms with E-state index in [1.807, 2.05) is 29.2 Å². The number of hydrogen-bond acceptors (Lipinski definition) is 3. The van der Waals surface area contributed by atoms with Crippen LogP contribution in [-0.2, 0) is 0 Å². The number of rotatable bonds is 6. The molecule has 21 heavy (non-hydrogen) atoms. The zero-order valence-electron chi connectivity index (χ0n) is 13.1. The lowest BCUT2D eigenvalue weighted by atomic mass is 10.1. The summed E-state index contributed by atoms with van der Waals surface area (Å²) in [5.41, 5.74) is 6.84. The summed E-state index contributed by atoms with van der Waals surface area (Å²) in [7, 11) is 0. The summed E-state index contributed by atoms with van der Waals surface area (Å²) in [6, 6.07) is 8.19. The molecule has 0 radical (unpaired) electrons. The number of amides is 1. The Bertz CT molecular complexity index is 620. The quantitative estimate of drug-likeness (QED) is 0.852. The van der Waals surface area contributed by atoms with Gasteiger partial charge in [-0.2, -0.15) is 0 Å². The van der Waals surface area contributed by atoms with Crippen molar-refractivity contribution in [2.24, 2.45) is 0 Å². The monoisotopic (exact) mass is 304 g/mol. The summed E-state index contributed by atoms with van der Waals surface area (Å²) in [4.78, 5) is 15.6. The Morgan fingerprint density at radius 2 is 2.05 bits per heavy atom. The summed E-state index contributed by atoms with van der Waals surface area (Å²) in [6.45, 7) is 7.17. The Kier molecular flexibility index (Phi) is 5.23. The summed E-state index contributed by atoms with van der Waals surface area (Å²) < 4.78 is 1.08. The molecule has 2 N–H and O–H groups in total. The molecule has 0 spiro atoms. The Labute approximate surface area is 130 Å². The van der Waals surface area contributed by atoms with Crippen LogP contribution in [0.25, 0.3) is 10.1 Å². The molecule has 1 heterocycles. The van der Waals surface area contributed by atoms with Gasteiger partial charge in [0.05, 0.1) is 5.69 Å². The van der Waals surface area contributed by atoms with E-state index < -0.39 is 0 Å². The molecule has 2 aromatic rings. The van der Waals surface area contributed by atoms with Crippen molar-refractivity contribution in [1.29, 1.82) is 0 Å². The third kappa shape index (κ3) is 3.21. The molecule has 114 valence electrons. The third-order valence-electron chi connectivity index (χ3n) is 3.96. The second-order valence-electron chi connectivity index (χ2n) is 5.45. The molecule has 0 aliphatic rings. The molecule has 1 unspecified atom stereocenters. The third-order valence-corrected chi connectivity index (χ3v) is 5.14. The molecule has 1 aromatic heterocycles. The second-order valence-corrected chi connectivity index (χ2v) is 6.50. The molecule has 1 atom stereocenters. The van der Waals surface area contributed by atoms with E-state index in [0.717, 1.165) is 35.9 Å². The van der Waals surface area contributed by atoms with Crippen LogP contribution in [-0.4, -0.2) is 23.4 Å². The number of unbranched alkanes of at least 4 members (excludes halogenated alkanes) is 1. The molecule has 4 heteroatoms.